The number of hydrogen-bond acceptors (Lipinski definition) is 1. The lowest BCUT2D eigenvalue weighted by Crippen LogP contribution is -2.07. The second kappa shape index (κ2) is 6.10. The van der Waals surface area contributed by atoms with Crippen LogP contribution in [-0.2, 0) is 6.54 Å². The fraction of sp³-hybridized carbons (Fsp3) is 0.143. The van der Waals surface area contributed by atoms with Gasteiger partial charge in [0.1, 0.15) is 5.82 Å². The number of halogens is 4. The minimum atomic E-state index is -0.296. The molecule has 5 heteroatoms. The Bertz CT molecular complexity index is 591. The number of nitrogens with one attached hydrogen (secondary N) is 1. The van der Waals surface area contributed by atoms with E-state index in [0.29, 0.717) is 27.2 Å². The Hall–Kier alpha value is -0.800. The normalized spacial score (nSPS) is 10.8. The summed E-state index contributed by atoms with van der Waals surface area (Å²) < 4.78 is 13.3. The molecule has 2 aromatic carbocycles. The first-order valence-electron chi connectivity index (χ1n) is 5.61. The molecule has 0 aliphatic heterocycles. The van der Waals surface area contributed by atoms with Gasteiger partial charge >= 0.3 is 0 Å². The maximum absolute atomic E-state index is 13.3. The van der Waals surface area contributed by atoms with E-state index in [1.165, 1.54) is 12.1 Å². The summed E-state index contributed by atoms with van der Waals surface area (Å²) in [6.07, 6.45) is 0. The van der Waals surface area contributed by atoms with Crippen molar-refractivity contribution in [1.82, 2.24) is 5.32 Å². The number of benzene rings is 2. The average Bonchev–Trinajstić information content (AvgIpc) is 2.31. The Morgan fingerprint density at radius 2 is 1.68 bits per heavy atom. The van der Waals surface area contributed by atoms with Gasteiger partial charge in [-0.3, -0.25) is 0 Å². The summed E-state index contributed by atoms with van der Waals surface area (Å²) in [5.41, 5.74) is 2.24. The topological polar surface area (TPSA) is 12.0 Å². The highest BCUT2D eigenvalue weighted by Gasteiger charge is 2.14. The van der Waals surface area contributed by atoms with Gasteiger partial charge in [-0.25, -0.2) is 4.39 Å². The highest BCUT2D eigenvalue weighted by molar-refractivity contribution is 6.41. The van der Waals surface area contributed by atoms with Gasteiger partial charge in [0.2, 0.25) is 0 Å². The summed E-state index contributed by atoms with van der Waals surface area (Å²) in [6.45, 7) is 0.516. The molecule has 0 aliphatic carbocycles. The molecular weight excluding hydrogens is 308 g/mol. The minimum absolute atomic E-state index is 0.296. The van der Waals surface area contributed by atoms with E-state index < -0.39 is 0 Å². The Kier molecular flexibility index (Phi) is 4.69. The summed E-state index contributed by atoms with van der Waals surface area (Å²) in [5.74, 6) is -0.296. The van der Waals surface area contributed by atoms with Crippen molar-refractivity contribution in [3.05, 3.63) is 56.8 Å². The van der Waals surface area contributed by atoms with Crippen LogP contribution in [0.5, 0.6) is 0 Å². The van der Waals surface area contributed by atoms with Crippen molar-refractivity contribution < 1.29 is 4.39 Å². The van der Waals surface area contributed by atoms with Crippen molar-refractivity contribution in [2.75, 3.05) is 7.05 Å². The van der Waals surface area contributed by atoms with Crippen molar-refractivity contribution in [1.29, 1.82) is 0 Å². The van der Waals surface area contributed by atoms with Gasteiger partial charge in [-0.15, -0.1) is 0 Å². The van der Waals surface area contributed by atoms with Gasteiger partial charge in [-0.2, -0.15) is 0 Å². The second-order valence-corrected chi connectivity index (χ2v) is 5.33. The third-order valence-electron chi connectivity index (χ3n) is 2.71. The zero-order valence-corrected chi connectivity index (χ0v) is 12.4. The monoisotopic (exact) mass is 317 g/mol. The van der Waals surface area contributed by atoms with E-state index in [1.807, 2.05) is 0 Å². The molecule has 0 amide bonds. The smallest absolute Gasteiger partial charge is 0.123 e. The Balaban J connectivity index is 2.65. The molecular formula is C14H11Cl3FN. The van der Waals surface area contributed by atoms with Crippen LogP contribution in [-0.4, -0.2) is 7.05 Å². The van der Waals surface area contributed by atoms with E-state index >= 15 is 0 Å². The fourth-order valence-corrected chi connectivity index (χ4v) is 2.96. The molecule has 0 fully saturated rings. The highest BCUT2D eigenvalue weighted by atomic mass is 35.5. The molecule has 1 nitrogen and oxygen atoms in total. The van der Waals surface area contributed by atoms with Crippen molar-refractivity contribution >= 4 is 34.8 Å². The fourth-order valence-electron chi connectivity index (χ4n) is 1.94. The first-order chi connectivity index (χ1) is 9.02. The first kappa shape index (κ1) is 14.6. The summed E-state index contributed by atoms with van der Waals surface area (Å²) in [6, 6.07) is 7.76. The molecule has 1 N–H and O–H groups in total. The summed E-state index contributed by atoms with van der Waals surface area (Å²) >= 11 is 18.3. The number of rotatable bonds is 3. The van der Waals surface area contributed by atoms with E-state index in [0.717, 1.165) is 11.1 Å². The van der Waals surface area contributed by atoms with E-state index in [4.69, 9.17) is 34.8 Å². The largest absolute Gasteiger partial charge is 0.316 e. The van der Waals surface area contributed by atoms with Crippen LogP contribution in [0.3, 0.4) is 0 Å². The Labute approximate surface area is 126 Å². The molecule has 0 atom stereocenters. The predicted octanol–water partition coefficient (Wildman–Crippen LogP) is 5.17. The molecule has 2 aromatic rings. The maximum atomic E-state index is 13.3. The molecule has 0 spiro atoms. The van der Waals surface area contributed by atoms with Crippen LogP contribution in [0.1, 0.15) is 5.56 Å². The van der Waals surface area contributed by atoms with Crippen LogP contribution >= 0.6 is 34.8 Å². The lowest BCUT2D eigenvalue weighted by atomic mass is 9.99. The third kappa shape index (κ3) is 3.21. The quantitative estimate of drug-likeness (QED) is 0.823. The first-order valence-corrected chi connectivity index (χ1v) is 6.74. The maximum Gasteiger partial charge on any atom is 0.123 e. The van der Waals surface area contributed by atoms with Crippen molar-refractivity contribution in [3.63, 3.8) is 0 Å². The summed E-state index contributed by atoms with van der Waals surface area (Å²) in [5, 5.41) is 4.35. The number of hydrogen-bond donors (Lipinski definition) is 1. The second-order valence-electron chi connectivity index (χ2n) is 4.08. The molecule has 0 saturated heterocycles. The zero-order valence-electron chi connectivity index (χ0n) is 10.1. The van der Waals surface area contributed by atoms with E-state index in [2.05, 4.69) is 5.32 Å². The predicted molar refractivity (Wildman–Crippen MR) is 79.6 cm³/mol. The van der Waals surface area contributed by atoms with Crippen LogP contribution in [0, 0.1) is 5.82 Å². The lowest BCUT2D eigenvalue weighted by molar-refractivity contribution is 0.624. The van der Waals surface area contributed by atoms with E-state index in [9.17, 15) is 4.39 Å². The van der Waals surface area contributed by atoms with Crippen molar-refractivity contribution in [3.8, 4) is 11.1 Å². The van der Waals surface area contributed by atoms with Gasteiger partial charge in [0, 0.05) is 17.1 Å². The van der Waals surface area contributed by atoms with Crippen molar-refractivity contribution in [2.45, 2.75) is 6.54 Å². The summed E-state index contributed by atoms with van der Waals surface area (Å²) in [4.78, 5) is 0. The summed E-state index contributed by atoms with van der Waals surface area (Å²) in [7, 11) is 1.79. The van der Waals surface area contributed by atoms with Gasteiger partial charge in [-0.05, 0) is 42.4 Å². The van der Waals surface area contributed by atoms with Crippen LogP contribution in [0.4, 0.5) is 4.39 Å². The van der Waals surface area contributed by atoms with Gasteiger partial charge in [0.25, 0.3) is 0 Å². The van der Waals surface area contributed by atoms with Gasteiger partial charge in [0.05, 0.1) is 10.0 Å². The van der Waals surface area contributed by atoms with Crippen LogP contribution in [0.2, 0.25) is 15.1 Å². The molecule has 0 unspecified atom stereocenters. The van der Waals surface area contributed by atoms with Gasteiger partial charge in [0.15, 0.2) is 0 Å². The molecule has 0 radical (unpaired) electrons. The molecule has 2 rings (SSSR count). The van der Waals surface area contributed by atoms with Gasteiger partial charge in [-0.1, -0.05) is 40.9 Å². The lowest BCUT2D eigenvalue weighted by Gasteiger charge is -2.13. The molecule has 0 saturated carbocycles. The average molecular weight is 319 g/mol. The van der Waals surface area contributed by atoms with Crippen LogP contribution < -0.4 is 5.32 Å². The SMILES string of the molecule is CNCc1cc(F)ccc1-c1c(Cl)cc(Cl)cc1Cl. The molecule has 0 heterocycles. The van der Waals surface area contributed by atoms with Crippen LogP contribution in [0.15, 0.2) is 30.3 Å². The molecule has 0 bridgehead atoms. The van der Waals surface area contributed by atoms with E-state index in [-0.39, 0.29) is 5.82 Å². The minimum Gasteiger partial charge on any atom is -0.316 e. The van der Waals surface area contributed by atoms with Gasteiger partial charge < -0.3 is 5.32 Å². The zero-order chi connectivity index (χ0) is 14.0. The third-order valence-corrected chi connectivity index (χ3v) is 3.53. The van der Waals surface area contributed by atoms with Crippen LogP contribution in [0.25, 0.3) is 11.1 Å². The molecule has 0 aliphatic rings. The molecule has 0 aromatic heterocycles. The van der Waals surface area contributed by atoms with E-state index in [1.54, 1.807) is 25.2 Å². The molecule has 19 heavy (non-hydrogen) atoms. The Morgan fingerprint density at radius 1 is 1.05 bits per heavy atom. The van der Waals surface area contributed by atoms with Crippen molar-refractivity contribution in [2.24, 2.45) is 0 Å². The Morgan fingerprint density at radius 3 is 2.26 bits per heavy atom. The molecule has 100 valence electrons. The standard InChI is InChI=1S/C14H11Cl3FN/c1-19-7-8-4-10(18)2-3-11(8)14-12(16)5-9(15)6-13(14)17/h2-6,19H,7H2,1H3. The highest BCUT2D eigenvalue weighted by Crippen LogP contribution is 2.38.